The average Bonchev–Trinajstić information content (AvgIpc) is 2.77. The van der Waals surface area contributed by atoms with E-state index in [1.54, 1.807) is 24.5 Å². The first-order valence-electron chi connectivity index (χ1n) is 9.48. The van der Waals surface area contributed by atoms with Crippen LogP contribution in [0.15, 0.2) is 60.9 Å². The summed E-state index contributed by atoms with van der Waals surface area (Å²) >= 11 is 0. The van der Waals surface area contributed by atoms with Gasteiger partial charge in [0, 0.05) is 49.8 Å². The van der Waals surface area contributed by atoms with Crippen molar-refractivity contribution in [2.45, 2.75) is 5.75 Å². The summed E-state index contributed by atoms with van der Waals surface area (Å²) in [7, 11) is -3.59. The number of sulfonamides is 1. The number of benzene rings is 1. The van der Waals surface area contributed by atoms with E-state index in [2.05, 4.69) is 20.5 Å². The Bertz CT molecular complexity index is 1090. The molecule has 0 saturated carbocycles. The molecular formula is C20H21FN6O2S. The van der Waals surface area contributed by atoms with Crippen molar-refractivity contribution < 1.29 is 12.8 Å². The van der Waals surface area contributed by atoms with E-state index < -0.39 is 15.8 Å². The van der Waals surface area contributed by atoms with Crippen molar-refractivity contribution >= 4 is 27.3 Å². The molecular weight excluding hydrogens is 407 g/mol. The minimum Gasteiger partial charge on any atom is -0.352 e. The van der Waals surface area contributed by atoms with Crippen molar-refractivity contribution in [1.29, 1.82) is 0 Å². The molecule has 1 N–H and O–H groups in total. The Labute approximate surface area is 174 Å². The Morgan fingerprint density at radius 3 is 2.33 bits per heavy atom. The summed E-state index contributed by atoms with van der Waals surface area (Å²) in [5.41, 5.74) is 1.05. The molecule has 2 aromatic heterocycles. The van der Waals surface area contributed by atoms with E-state index in [0.29, 0.717) is 37.8 Å². The van der Waals surface area contributed by atoms with Crippen molar-refractivity contribution in [3.8, 4) is 0 Å². The molecule has 0 spiro atoms. The average molecular weight is 428 g/mol. The molecule has 10 heteroatoms. The SMILES string of the molecule is O=S(=O)(Cc1ccccc1F)N1CCN(c2ccc(Nc3ccncc3)nn2)CC1. The zero-order valence-corrected chi connectivity index (χ0v) is 17.0. The fourth-order valence-corrected chi connectivity index (χ4v) is 4.77. The largest absolute Gasteiger partial charge is 0.352 e. The van der Waals surface area contributed by atoms with Gasteiger partial charge in [-0.05, 0) is 30.3 Å². The molecule has 0 radical (unpaired) electrons. The first kappa shape index (κ1) is 20.2. The van der Waals surface area contributed by atoms with Gasteiger partial charge in [-0.3, -0.25) is 4.98 Å². The van der Waals surface area contributed by atoms with Gasteiger partial charge in [0.25, 0.3) is 0 Å². The monoisotopic (exact) mass is 428 g/mol. The lowest BCUT2D eigenvalue weighted by atomic mass is 10.2. The van der Waals surface area contributed by atoms with Gasteiger partial charge >= 0.3 is 0 Å². The lowest BCUT2D eigenvalue weighted by Gasteiger charge is -2.34. The lowest BCUT2D eigenvalue weighted by Crippen LogP contribution is -2.49. The predicted octanol–water partition coefficient (Wildman–Crippen LogP) is 2.41. The molecule has 1 aliphatic rings. The molecule has 0 amide bonds. The Morgan fingerprint density at radius 1 is 0.933 bits per heavy atom. The Kier molecular flexibility index (Phi) is 5.86. The van der Waals surface area contributed by atoms with Gasteiger partial charge in [0.15, 0.2) is 11.6 Å². The maximum atomic E-state index is 13.8. The molecule has 8 nitrogen and oxygen atoms in total. The van der Waals surface area contributed by atoms with E-state index in [-0.39, 0.29) is 11.3 Å². The van der Waals surface area contributed by atoms with Crippen LogP contribution in [0, 0.1) is 5.82 Å². The van der Waals surface area contributed by atoms with Crippen LogP contribution in [0.4, 0.5) is 21.7 Å². The number of rotatable bonds is 6. The van der Waals surface area contributed by atoms with Crippen LogP contribution in [0.1, 0.15) is 5.56 Å². The van der Waals surface area contributed by atoms with E-state index in [1.165, 1.54) is 16.4 Å². The summed E-state index contributed by atoms with van der Waals surface area (Å²) in [4.78, 5) is 5.95. The highest BCUT2D eigenvalue weighted by molar-refractivity contribution is 7.88. The Morgan fingerprint density at radius 2 is 1.67 bits per heavy atom. The maximum absolute atomic E-state index is 13.8. The van der Waals surface area contributed by atoms with Gasteiger partial charge in [0.05, 0.1) is 5.75 Å². The van der Waals surface area contributed by atoms with Gasteiger partial charge in [-0.25, -0.2) is 12.8 Å². The fourth-order valence-electron chi connectivity index (χ4n) is 3.24. The summed E-state index contributed by atoms with van der Waals surface area (Å²) in [5.74, 6) is 0.447. The van der Waals surface area contributed by atoms with Gasteiger partial charge < -0.3 is 10.2 Å². The third kappa shape index (κ3) is 4.71. The summed E-state index contributed by atoms with van der Waals surface area (Å²) in [6.07, 6.45) is 3.37. The van der Waals surface area contributed by atoms with Crippen molar-refractivity contribution in [3.63, 3.8) is 0 Å². The highest BCUT2D eigenvalue weighted by atomic mass is 32.2. The van der Waals surface area contributed by atoms with Crippen LogP contribution in [-0.2, 0) is 15.8 Å². The smallest absolute Gasteiger partial charge is 0.218 e. The summed E-state index contributed by atoms with van der Waals surface area (Å²) in [6.45, 7) is 1.61. The molecule has 1 fully saturated rings. The molecule has 1 aromatic carbocycles. The van der Waals surface area contributed by atoms with Gasteiger partial charge in [0.1, 0.15) is 5.82 Å². The molecule has 3 heterocycles. The standard InChI is InChI=1S/C20H21FN6O2S/c21-18-4-2-1-3-16(18)15-30(28,29)27-13-11-26(12-14-27)20-6-5-19(24-25-20)23-17-7-9-22-10-8-17/h1-10H,11-15H2,(H,22,23,24). The molecule has 4 rings (SSSR count). The van der Waals surface area contributed by atoms with Crippen molar-refractivity contribution in [3.05, 3.63) is 72.3 Å². The first-order valence-corrected chi connectivity index (χ1v) is 11.1. The van der Waals surface area contributed by atoms with Crippen LogP contribution < -0.4 is 10.2 Å². The maximum Gasteiger partial charge on any atom is 0.218 e. The summed E-state index contributed by atoms with van der Waals surface area (Å²) in [6, 6.07) is 13.3. The lowest BCUT2D eigenvalue weighted by molar-refractivity contribution is 0.382. The second kappa shape index (κ2) is 8.72. The van der Waals surface area contributed by atoms with Gasteiger partial charge in [-0.2, -0.15) is 4.31 Å². The molecule has 156 valence electrons. The summed E-state index contributed by atoms with van der Waals surface area (Å²) in [5, 5.41) is 11.6. The van der Waals surface area contributed by atoms with E-state index >= 15 is 0 Å². The fraction of sp³-hybridized carbons (Fsp3) is 0.250. The first-order chi connectivity index (χ1) is 14.5. The number of nitrogens with zero attached hydrogens (tertiary/aromatic N) is 5. The number of hydrogen-bond donors (Lipinski definition) is 1. The van der Waals surface area contributed by atoms with Gasteiger partial charge in [-0.1, -0.05) is 18.2 Å². The summed E-state index contributed by atoms with van der Waals surface area (Å²) < 4.78 is 40.6. The van der Waals surface area contributed by atoms with E-state index in [1.807, 2.05) is 29.2 Å². The topological polar surface area (TPSA) is 91.3 Å². The number of nitrogens with one attached hydrogen (secondary N) is 1. The second-order valence-electron chi connectivity index (χ2n) is 6.87. The molecule has 0 atom stereocenters. The molecule has 1 saturated heterocycles. The third-order valence-electron chi connectivity index (χ3n) is 4.85. The highest BCUT2D eigenvalue weighted by Crippen LogP contribution is 2.20. The van der Waals surface area contributed by atoms with Crippen molar-refractivity contribution in [2.24, 2.45) is 0 Å². The van der Waals surface area contributed by atoms with E-state index in [9.17, 15) is 12.8 Å². The van der Waals surface area contributed by atoms with E-state index in [4.69, 9.17) is 0 Å². The number of piperazine rings is 1. The van der Waals surface area contributed by atoms with Gasteiger partial charge in [0.2, 0.25) is 10.0 Å². The third-order valence-corrected chi connectivity index (χ3v) is 6.68. The highest BCUT2D eigenvalue weighted by Gasteiger charge is 2.28. The van der Waals surface area contributed by atoms with Crippen LogP contribution in [0.5, 0.6) is 0 Å². The molecule has 0 bridgehead atoms. The van der Waals surface area contributed by atoms with Gasteiger partial charge in [-0.15, -0.1) is 10.2 Å². The predicted molar refractivity (Wildman–Crippen MR) is 112 cm³/mol. The number of pyridine rings is 1. The Hall–Kier alpha value is -3.11. The minimum atomic E-state index is -3.59. The molecule has 0 unspecified atom stereocenters. The number of hydrogen-bond acceptors (Lipinski definition) is 7. The van der Waals surface area contributed by atoms with E-state index in [0.717, 1.165) is 5.69 Å². The van der Waals surface area contributed by atoms with Crippen molar-refractivity contribution in [1.82, 2.24) is 19.5 Å². The Balaban J connectivity index is 1.35. The van der Waals surface area contributed by atoms with Crippen LogP contribution in [0.2, 0.25) is 0 Å². The quantitative estimate of drug-likeness (QED) is 0.645. The number of anilines is 3. The van der Waals surface area contributed by atoms with Crippen LogP contribution in [-0.4, -0.2) is 54.1 Å². The van der Waals surface area contributed by atoms with Crippen LogP contribution in [0.3, 0.4) is 0 Å². The number of aromatic nitrogens is 3. The second-order valence-corrected chi connectivity index (χ2v) is 8.84. The molecule has 3 aromatic rings. The zero-order valence-electron chi connectivity index (χ0n) is 16.1. The van der Waals surface area contributed by atoms with Crippen molar-refractivity contribution in [2.75, 3.05) is 36.4 Å². The molecule has 1 aliphatic heterocycles. The normalized spacial score (nSPS) is 15.2. The molecule has 0 aliphatic carbocycles. The molecule has 30 heavy (non-hydrogen) atoms. The van der Waals surface area contributed by atoms with Crippen LogP contribution in [0.25, 0.3) is 0 Å². The van der Waals surface area contributed by atoms with Crippen LogP contribution >= 0.6 is 0 Å². The number of halogens is 1. The minimum absolute atomic E-state index is 0.183. The zero-order chi connectivity index (χ0) is 21.0.